The van der Waals surface area contributed by atoms with Crippen molar-refractivity contribution in [3.8, 4) is 22.6 Å². The lowest BCUT2D eigenvalue weighted by Crippen LogP contribution is -2.07. The van der Waals surface area contributed by atoms with Crippen LogP contribution in [0, 0.1) is 0 Å². The van der Waals surface area contributed by atoms with Crippen LogP contribution in [0.5, 0.6) is 11.5 Å². The number of ether oxygens (including phenoxy) is 2. The van der Waals surface area contributed by atoms with Crippen LogP contribution in [0.25, 0.3) is 22.0 Å². The minimum Gasteiger partial charge on any atom is -0.497 e. The van der Waals surface area contributed by atoms with Crippen molar-refractivity contribution in [3.05, 3.63) is 120 Å². The van der Waals surface area contributed by atoms with Crippen LogP contribution in [0.4, 0.5) is 0 Å². The third-order valence-corrected chi connectivity index (χ3v) is 5.97. The van der Waals surface area contributed by atoms with Crippen LogP contribution in [0.15, 0.2) is 103 Å². The van der Waals surface area contributed by atoms with Crippen LogP contribution in [0.1, 0.15) is 22.7 Å². The van der Waals surface area contributed by atoms with E-state index < -0.39 is 0 Å². The van der Waals surface area contributed by atoms with E-state index >= 15 is 0 Å². The summed E-state index contributed by atoms with van der Waals surface area (Å²) in [6.45, 7) is 0. The molecule has 3 nitrogen and oxygen atoms in total. The summed E-state index contributed by atoms with van der Waals surface area (Å²) < 4.78 is 11.3. The Morgan fingerprint density at radius 1 is 0.688 bits per heavy atom. The molecule has 32 heavy (non-hydrogen) atoms. The lowest BCUT2D eigenvalue weighted by atomic mass is 9.84. The standard InChI is InChI=1S/C29H25NO2/c1-31-22-17-18-24(26(19-22)32-2)28(21-13-7-4-8-14-21)29-27(20-11-5-3-6-12-20)23-15-9-10-16-25(23)30-29/h3-19,28,30H,1-2H3. The fourth-order valence-corrected chi connectivity index (χ4v) is 4.50. The number of hydrogen-bond donors (Lipinski definition) is 1. The Hall–Kier alpha value is -3.98. The largest absolute Gasteiger partial charge is 0.497 e. The molecule has 0 aliphatic rings. The van der Waals surface area contributed by atoms with Crippen molar-refractivity contribution < 1.29 is 9.47 Å². The second-order valence-corrected chi connectivity index (χ2v) is 7.78. The van der Waals surface area contributed by atoms with E-state index in [9.17, 15) is 0 Å². The number of hydrogen-bond acceptors (Lipinski definition) is 2. The predicted molar refractivity (Wildman–Crippen MR) is 131 cm³/mol. The number of aromatic amines is 1. The maximum atomic E-state index is 5.84. The topological polar surface area (TPSA) is 34.2 Å². The first kappa shape index (κ1) is 20.0. The maximum Gasteiger partial charge on any atom is 0.126 e. The molecule has 0 aliphatic carbocycles. The maximum absolute atomic E-state index is 5.84. The highest BCUT2D eigenvalue weighted by Gasteiger charge is 2.27. The zero-order chi connectivity index (χ0) is 21.9. The van der Waals surface area contributed by atoms with Gasteiger partial charge in [-0.15, -0.1) is 0 Å². The molecule has 1 unspecified atom stereocenters. The minimum absolute atomic E-state index is 0.0420. The summed E-state index contributed by atoms with van der Waals surface area (Å²) in [7, 11) is 3.39. The van der Waals surface area contributed by atoms with E-state index in [-0.39, 0.29) is 5.92 Å². The van der Waals surface area contributed by atoms with E-state index in [1.807, 2.05) is 12.1 Å². The molecule has 0 bridgehead atoms. The molecule has 4 aromatic carbocycles. The molecule has 0 amide bonds. The normalized spacial score (nSPS) is 11.9. The van der Waals surface area contributed by atoms with Crippen LogP contribution >= 0.6 is 0 Å². The van der Waals surface area contributed by atoms with Gasteiger partial charge in [0.2, 0.25) is 0 Å². The fraction of sp³-hybridized carbons (Fsp3) is 0.103. The summed E-state index contributed by atoms with van der Waals surface area (Å²) in [4.78, 5) is 3.75. The van der Waals surface area contributed by atoms with Gasteiger partial charge in [-0.3, -0.25) is 0 Å². The van der Waals surface area contributed by atoms with E-state index in [2.05, 4.69) is 96.0 Å². The van der Waals surface area contributed by atoms with E-state index in [4.69, 9.17) is 9.47 Å². The molecular formula is C29H25NO2. The number of aromatic nitrogens is 1. The van der Waals surface area contributed by atoms with Crippen molar-refractivity contribution in [2.75, 3.05) is 14.2 Å². The molecule has 1 aromatic heterocycles. The smallest absolute Gasteiger partial charge is 0.126 e. The third kappa shape index (κ3) is 3.52. The van der Waals surface area contributed by atoms with Crippen molar-refractivity contribution in [2.45, 2.75) is 5.92 Å². The van der Waals surface area contributed by atoms with Gasteiger partial charge < -0.3 is 14.5 Å². The molecule has 0 saturated heterocycles. The van der Waals surface area contributed by atoms with Gasteiger partial charge in [-0.2, -0.15) is 0 Å². The van der Waals surface area contributed by atoms with Crippen molar-refractivity contribution >= 4 is 10.9 Å². The average Bonchev–Trinajstić information content (AvgIpc) is 3.24. The van der Waals surface area contributed by atoms with Gasteiger partial charge in [0.15, 0.2) is 0 Å². The Balaban J connectivity index is 1.83. The van der Waals surface area contributed by atoms with Gasteiger partial charge in [0.1, 0.15) is 11.5 Å². The number of para-hydroxylation sites is 1. The van der Waals surface area contributed by atoms with Gasteiger partial charge in [0.05, 0.1) is 20.1 Å². The van der Waals surface area contributed by atoms with Gasteiger partial charge in [-0.25, -0.2) is 0 Å². The lowest BCUT2D eigenvalue weighted by molar-refractivity contribution is 0.390. The molecule has 0 radical (unpaired) electrons. The predicted octanol–water partition coefficient (Wildman–Crippen LogP) is 7.03. The van der Waals surface area contributed by atoms with Crippen molar-refractivity contribution in [2.24, 2.45) is 0 Å². The van der Waals surface area contributed by atoms with Crippen LogP contribution in [0.3, 0.4) is 0 Å². The highest BCUT2D eigenvalue weighted by molar-refractivity contribution is 5.98. The van der Waals surface area contributed by atoms with Crippen molar-refractivity contribution in [1.82, 2.24) is 4.98 Å². The fourth-order valence-electron chi connectivity index (χ4n) is 4.50. The molecule has 5 rings (SSSR count). The number of methoxy groups -OCH3 is 2. The summed E-state index contributed by atoms with van der Waals surface area (Å²) in [5.74, 6) is 1.54. The molecule has 0 saturated carbocycles. The molecule has 158 valence electrons. The zero-order valence-corrected chi connectivity index (χ0v) is 18.2. The minimum atomic E-state index is -0.0420. The summed E-state index contributed by atoms with van der Waals surface area (Å²) >= 11 is 0. The van der Waals surface area contributed by atoms with E-state index in [1.54, 1.807) is 14.2 Å². The Morgan fingerprint density at radius 3 is 2.09 bits per heavy atom. The first-order chi connectivity index (χ1) is 15.8. The summed E-state index contributed by atoms with van der Waals surface area (Å²) in [5, 5.41) is 1.21. The quantitative estimate of drug-likeness (QED) is 0.320. The molecule has 1 atom stereocenters. The molecule has 1 N–H and O–H groups in total. The third-order valence-electron chi connectivity index (χ3n) is 5.97. The molecular weight excluding hydrogens is 394 g/mol. The van der Waals surface area contributed by atoms with E-state index in [1.165, 1.54) is 22.1 Å². The van der Waals surface area contributed by atoms with Crippen LogP contribution in [-0.4, -0.2) is 19.2 Å². The average molecular weight is 420 g/mol. The number of H-pyrrole nitrogens is 1. The summed E-state index contributed by atoms with van der Waals surface area (Å²) in [5.41, 5.74) is 6.95. The summed E-state index contributed by atoms with van der Waals surface area (Å²) in [6, 6.07) is 35.7. The van der Waals surface area contributed by atoms with E-state index in [0.29, 0.717) is 0 Å². The molecule has 0 aliphatic heterocycles. The highest BCUT2D eigenvalue weighted by Crippen LogP contribution is 2.44. The summed E-state index contributed by atoms with van der Waals surface area (Å²) in [6.07, 6.45) is 0. The first-order valence-corrected chi connectivity index (χ1v) is 10.7. The van der Waals surface area contributed by atoms with Gasteiger partial charge >= 0.3 is 0 Å². The SMILES string of the molecule is COc1ccc(C(c2ccccc2)c2[nH]c3ccccc3c2-c2ccccc2)c(OC)c1. The van der Waals surface area contributed by atoms with Gasteiger partial charge in [0.25, 0.3) is 0 Å². The molecule has 1 heterocycles. The van der Waals surface area contributed by atoms with Gasteiger partial charge in [-0.1, -0.05) is 84.9 Å². The zero-order valence-electron chi connectivity index (χ0n) is 18.2. The molecule has 0 spiro atoms. The second kappa shape index (κ2) is 8.64. The van der Waals surface area contributed by atoms with Crippen LogP contribution < -0.4 is 9.47 Å². The Kier molecular flexibility index (Phi) is 5.39. The van der Waals surface area contributed by atoms with Crippen LogP contribution in [0.2, 0.25) is 0 Å². The van der Waals surface area contributed by atoms with Gasteiger partial charge in [0, 0.05) is 33.8 Å². The van der Waals surface area contributed by atoms with Crippen molar-refractivity contribution in [3.63, 3.8) is 0 Å². The highest BCUT2D eigenvalue weighted by atomic mass is 16.5. The number of fused-ring (bicyclic) bond motifs is 1. The Labute approximate surface area is 188 Å². The molecule has 3 heteroatoms. The molecule has 5 aromatic rings. The monoisotopic (exact) mass is 419 g/mol. The second-order valence-electron chi connectivity index (χ2n) is 7.78. The van der Waals surface area contributed by atoms with E-state index in [0.717, 1.165) is 28.3 Å². The van der Waals surface area contributed by atoms with Crippen LogP contribution in [-0.2, 0) is 0 Å². The molecule has 0 fully saturated rings. The number of benzene rings is 4. The lowest BCUT2D eigenvalue weighted by Gasteiger charge is -2.22. The Bertz CT molecular complexity index is 1340. The van der Waals surface area contributed by atoms with Crippen molar-refractivity contribution in [1.29, 1.82) is 0 Å². The first-order valence-electron chi connectivity index (χ1n) is 10.7. The van der Waals surface area contributed by atoms with Gasteiger partial charge in [-0.05, 0) is 23.3 Å². The Morgan fingerprint density at radius 2 is 1.38 bits per heavy atom. The number of nitrogens with one attached hydrogen (secondary N) is 1. The number of rotatable bonds is 6.